The Balaban J connectivity index is 2.76. The van der Waals surface area contributed by atoms with Gasteiger partial charge in [0.15, 0.2) is 5.84 Å². The summed E-state index contributed by atoms with van der Waals surface area (Å²) in [4.78, 5) is 0. The van der Waals surface area contributed by atoms with Crippen LogP contribution in [-0.2, 0) is 6.54 Å². The third-order valence-corrected chi connectivity index (χ3v) is 2.46. The van der Waals surface area contributed by atoms with Crippen LogP contribution in [0.15, 0.2) is 23.4 Å². The van der Waals surface area contributed by atoms with Crippen LogP contribution in [0.25, 0.3) is 0 Å². The van der Waals surface area contributed by atoms with Gasteiger partial charge in [-0.2, -0.15) is 0 Å². The lowest BCUT2D eigenvalue weighted by Gasteiger charge is -2.10. The predicted octanol–water partition coefficient (Wildman–Crippen LogP) is 1.24. The number of hydrogen-bond acceptors (Lipinski definition) is 4. The first kappa shape index (κ1) is 14.2. The fourth-order valence-electron chi connectivity index (χ4n) is 1.54. The van der Waals surface area contributed by atoms with Crippen molar-refractivity contribution < 1.29 is 14.3 Å². The van der Waals surface area contributed by atoms with Crippen molar-refractivity contribution >= 4 is 5.84 Å². The number of methoxy groups -OCH3 is 1. The monoisotopic (exact) mass is 255 g/mol. The van der Waals surface area contributed by atoms with Gasteiger partial charge < -0.3 is 21.0 Å². The highest BCUT2D eigenvalue weighted by atomic mass is 19.1. The molecule has 0 saturated carbocycles. The summed E-state index contributed by atoms with van der Waals surface area (Å²) in [5.74, 6) is 0.537. The number of halogens is 1. The summed E-state index contributed by atoms with van der Waals surface area (Å²) >= 11 is 0. The molecule has 0 atom stereocenters. The van der Waals surface area contributed by atoms with Gasteiger partial charge in [0, 0.05) is 6.54 Å². The molecule has 0 radical (unpaired) electrons. The highest BCUT2D eigenvalue weighted by Crippen LogP contribution is 2.19. The zero-order valence-corrected chi connectivity index (χ0v) is 10.3. The van der Waals surface area contributed by atoms with Gasteiger partial charge in [-0.25, -0.2) is 0 Å². The van der Waals surface area contributed by atoms with E-state index in [1.807, 2.05) is 6.07 Å². The number of nitrogens with one attached hydrogen (secondary N) is 1. The van der Waals surface area contributed by atoms with E-state index in [4.69, 9.17) is 15.7 Å². The van der Waals surface area contributed by atoms with Crippen LogP contribution in [0.2, 0.25) is 0 Å². The molecule has 0 bridgehead atoms. The maximum absolute atomic E-state index is 11.9. The van der Waals surface area contributed by atoms with E-state index in [1.54, 1.807) is 12.1 Å². The fraction of sp³-hybridized carbons (Fsp3) is 0.417. The minimum atomic E-state index is -0.328. The van der Waals surface area contributed by atoms with Gasteiger partial charge in [-0.1, -0.05) is 11.2 Å². The summed E-state index contributed by atoms with van der Waals surface area (Å²) < 4.78 is 17.0. The smallest absolute Gasteiger partial charge is 0.173 e. The van der Waals surface area contributed by atoms with Gasteiger partial charge in [0.1, 0.15) is 5.75 Å². The van der Waals surface area contributed by atoms with Crippen LogP contribution in [0.5, 0.6) is 5.75 Å². The first-order valence-electron chi connectivity index (χ1n) is 5.64. The second-order valence-corrected chi connectivity index (χ2v) is 3.74. The lowest BCUT2D eigenvalue weighted by molar-refractivity contribution is 0.318. The van der Waals surface area contributed by atoms with E-state index in [9.17, 15) is 4.39 Å². The molecule has 0 spiro atoms. The second kappa shape index (κ2) is 7.50. The van der Waals surface area contributed by atoms with Crippen molar-refractivity contribution in [2.45, 2.75) is 13.0 Å². The van der Waals surface area contributed by atoms with Crippen molar-refractivity contribution in [2.24, 2.45) is 10.9 Å². The standard InChI is InChI=1S/C12H18FN3O2/c1-18-11-4-3-9(8-15-6-2-5-13)7-10(11)12(14)16-17/h3-4,7,15,17H,2,5-6,8H2,1H3,(H2,14,16). The highest BCUT2D eigenvalue weighted by molar-refractivity contribution is 5.99. The Bertz CT molecular complexity index is 410. The van der Waals surface area contributed by atoms with E-state index in [0.29, 0.717) is 30.8 Å². The van der Waals surface area contributed by atoms with Gasteiger partial charge in [0.05, 0.1) is 19.3 Å². The molecule has 4 N–H and O–H groups in total. The van der Waals surface area contributed by atoms with E-state index in [-0.39, 0.29) is 12.5 Å². The third-order valence-electron chi connectivity index (χ3n) is 2.46. The molecule has 0 aromatic heterocycles. The molecule has 5 nitrogen and oxygen atoms in total. The van der Waals surface area contributed by atoms with Crippen LogP contribution in [-0.4, -0.2) is 31.4 Å². The maximum atomic E-state index is 11.9. The molecule has 0 aliphatic heterocycles. The Kier molecular flexibility index (Phi) is 5.93. The number of ether oxygens (including phenoxy) is 1. The molecule has 0 saturated heterocycles. The molecule has 1 aromatic rings. The Morgan fingerprint density at radius 1 is 1.56 bits per heavy atom. The van der Waals surface area contributed by atoms with Crippen molar-refractivity contribution in [3.05, 3.63) is 29.3 Å². The first-order valence-corrected chi connectivity index (χ1v) is 5.64. The molecule has 18 heavy (non-hydrogen) atoms. The van der Waals surface area contributed by atoms with Crippen molar-refractivity contribution in [3.8, 4) is 5.75 Å². The van der Waals surface area contributed by atoms with Crippen LogP contribution in [0.4, 0.5) is 4.39 Å². The summed E-state index contributed by atoms with van der Waals surface area (Å²) in [5, 5.41) is 14.8. The summed E-state index contributed by atoms with van der Waals surface area (Å²) in [5.41, 5.74) is 7.05. The lowest BCUT2D eigenvalue weighted by Crippen LogP contribution is -2.17. The molecule has 0 unspecified atom stereocenters. The molecule has 0 aliphatic rings. The molecule has 0 fully saturated rings. The van der Waals surface area contributed by atoms with Gasteiger partial charge in [0.25, 0.3) is 0 Å². The van der Waals surface area contributed by atoms with Crippen LogP contribution in [0.1, 0.15) is 17.5 Å². The molecule has 0 amide bonds. The summed E-state index contributed by atoms with van der Waals surface area (Å²) in [6.07, 6.45) is 0.489. The second-order valence-electron chi connectivity index (χ2n) is 3.74. The molecule has 1 aromatic carbocycles. The van der Waals surface area contributed by atoms with Crippen LogP contribution < -0.4 is 15.8 Å². The van der Waals surface area contributed by atoms with E-state index in [1.165, 1.54) is 7.11 Å². The van der Waals surface area contributed by atoms with Gasteiger partial charge in [-0.15, -0.1) is 0 Å². The van der Waals surface area contributed by atoms with Crippen LogP contribution in [0, 0.1) is 0 Å². The van der Waals surface area contributed by atoms with Gasteiger partial charge >= 0.3 is 0 Å². The van der Waals surface area contributed by atoms with E-state index < -0.39 is 0 Å². The topological polar surface area (TPSA) is 79.9 Å². The van der Waals surface area contributed by atoms with Crippen LogP contribution >= 0.6 is 0 Å². The highest BCUT2D eigenvalue weighted by Gasteiger charge is 2.08. The van der Waals surface area contributed by atoms with Crippen molar-refractivity contribution in [1.29, 1.82) is 0 Å². The Morgan fingerprint density at radius 3 is 2.94 bits per heavy atom. The molecular formula is C12H18FN3O2. The predicted molar refractivity (Wildman–Crippen MR) is 67.8 cm³/mol. The quantitative estimate of drug-likeness (QED) is 0.225. The first-order chi connectivity index (χ1) is 8.72. The Morgan fingerprint density at radius 2 is 2.33 bits per heavy atom. The maximum Gasteiger partial charge on any atom is 0.173 e. The fourth-order valence-corrected chi connectivity index (χ4v) is 1.54. The molecule has 6 heteroatoms. The van der Waals surface area contributed by atoms with E-state index in [2.05, 4.69) is 10.5 Å². The SMILES string of the molecule is COc1ccc(CNCCCF)cc1/C(N)=N/O. The number of nitrogens with zero attached hydrogens (tertiary/aromatic N) is 1. The lowest BCUT2D eigenvalue weighted by atomic mass is 10.1. The number of hydrogen-bond donors (Lipinski definition) is 3. The zero-order chi connectivity index (χ0) is 13.4. The zero-order valence-electron chi connectivity index (χ0n) is 10.3. The molecule has 100 valence electrons. The molecule has 0 heterocycles. The number of alkyl halides is 1. The summed E-state index contributed by atoms with van der Waals surface area (Å²) in [6.45, 7) is 0.877. The number of oxime groups is 1. The number of amidine groups is 1. The van der Waals surface area contributed by atoms with E-state index >= 15 is 0 Å². The minimum Gasteiger partial charge on any atom is -0.496 e. The number of nitrogens with two attached hydrogens (primary N) is 1. The molecule has 1 rings (SSSR count). The Hall–Kier alpha value is -1.82. The largest absolute Gasteiger partial charge is 0.496 e. The third kappa shape index (κ3) is 3.89. The normalized spacial score (nSPS) is 11.6. The van der Waals surface area contributed by atoms with E-state index in [0.717, 1.165) is 5.56 Å². The van der Waals surface area contributed by atoms with Crippen molar-refractivity contribution in [1.82, 2.24) is 5.32 Å². The van der Waals surface area contributed by atoms with Crippen molar-refractivity contribution in [2.75, 3.05) is 20.3 Å². The Labute approximate surface area is 105 Å². The number of benzene rings is 1. The molecular weight excluding hydrogens is 237 g/mol. The minimum absolute atomic E-state index is 0.00235. The molecule has 0 aliphatic carbocycles. The van der Waals surface area contributed by atoms with Gasteiger partial charge in [0.2, 0.25) is 0 Å². The average Bonchev–Trinajstić information content (AvgIpc) is 2.42. The van der Waals surface area contributed by atoms with Crippen molar-refractivity contribution in [3.63, 3.8) is 0 Å². The van der Waals surface area contributed by atoms with Gasteiger partial charge in [-0.05, 0) is 30.7 Å². The summed E-state index contributed by atoms with van der Waals surface area (Å²) in [7, 11) is 1.52. The number of rotatable bonds is 7. The summed E-state index contributed by atoms with van der Waals surface area (Å²) in [6, 6.07) is 5.39. The van der Waals surface area contributed by atoms with Gasteiger partial charge in [-0.3, -0.25) is 4.39 Å². The average molecular weight is 255 g/mol. The van der Waals surface area contributed by atoms with Crippen LogP contribution in [0.3, 0.4) is 0 Å².